The van der Waals surface area contributed by atoms with E-state index in [1.54, 1.807) is 44.3 Å². The second-order valence-electron chi connectivity index (χ2n) is 5.88. The molecule has 126 valence electrons. The molecule has 0 radical (unpaired) electrons. The van der Waals surface area contributed by atoms with E-state index in [2.05, 4.69) is 9.22 Å². The quantitative estimate of drug-likeness (QED) is 0.478. The molecule has 0 fully saturated rings. The predicted octanol–water partition coefficient (Wildman–Crippen LogP) is 5.61. The number of fused-ring (bicyclic) bond motifs is 1. The van der Waals surface area contributed by atoms with E-state index in [9.17, 15) is 14.3 Å². The van der Waals surface area contributed by atoms with Gasteiger partial charge in [0.15, 0.2) is 5.69 Å². The monoisotopic (exact) mass is 372 g/mol. The third kappa shape index (κ3) is 3.23. The van der Waals surface area contributed by atoms with Crippen molar-refractivity contribution >= 4 is 45.0 Å². The number of rotatable bonds is 4. The Kier molecular flexibility index (Phi) is 4.50. The number of aliphatic carboxylic acids is 1. The number of thioether (sulfide) groups is 1. The van der Waals surface area contributed by atoms with Crippen molar-refractivity contribution < 1.29 is 14.3 Å². The van der Waals surface area contributed by atoms with E-state index in [4.69, 9.17) is 6.57 Å². The van der Waals surface area contributed by atoms with Crippen molar-refractivity contribution in [3.8, 4) is 11.1 Å². The Morgan fingerprint density at radius 2 is 2.04 bits per heavy atom. The fourth-order valence-corrected chi connectivity index (χ4v) is 4.27. The summed E-state index contributed by atoms with van der Waals surface area (Å²) < 4.78 is 18.5. The maximum atomic E-state index is 14.8. The molecule has 1 aromatic heterocycles. The molecule has 4 nitrogen and oxygen atoms in total. The van der Waals surface area contributed by atoms with Crippen molar-refractivity contribution in [2.24, 2.45) is 0 Å². The Labute approximate surface area is 152 Å². The normalized spacial score (nSPS) is 11.4. The van der Waals surface area contributed by atoms with Gasteiger partial charge in [-0.3, -0.25) is 4.79 Å². The summed E-state index contributed by atoms with van der Waals surface area (Å²) in [5.41, 5.74) is 1.83. The fraction of sp³-hybridized carbons (Fsp3) is 0.167. The molecule has 2 aromatic carbocycles. The van der Waals surface area contributed by atoms with Crippen LogP contribution in [0.15, 0.2) is 41.4 Å². The van der Waals surface area contributed by atoms with Crippen molar-refractivity contribution in [2.45, 2.75) is 23.5 Å². The molecule has 0 aliphatic heterocycles. The third-order valence-corrected chi connectivity index (χ3v) is 5.83. The van der Waals surface area contributed by atoms with Gasteiger partial charge in [-0.05, 0) is 37.0 Å². The van der Waals surface area contributed by atoms with Crippen LogP contribution in [0.4, 0.5) is 10.1 Å². The molecular formula is C18H13FN2O2S2. The lowest BCUT2D eigenvalue weighted by molar-refractivity contribution is -0.138. The van der Waals surface area contributed by atoms with Crippen LogP contribution in [0.25, 0.3) is 26.1 Å². The van der Waals surface area contributed by atoms with Gasteiger partial charge in [0.05, 0.1) is 16.2 Å². The summed E-state index contributed by atoms with van der Waals surface area (Å²) in [5.74, 6) is -1.49. The number of carboxylic acids is 1. The molecule has 0 saturated carbocycles. The van der Waals surface area contributed by atoms with Crippen LogP contribution in [-0.4, -0.2) is 20.2 Å². The SMILES string of the molecule is [C-]#[N+]c1ccc(-c2c(SC(C)(C)C(=O)O)c(F)cc3cnsc23)cc1. The number of carbonyl (C=O) groups is 1. The number of hydrogen-bond acceptors (Lipinski definition) is 4. The topological polar surface area (TPSA) is 54.5 Å². The highest BCUT2D eigenvalue weighted by molar-refractivity contribution is 8.01. The van der Waals surface area contributed by atoms with E-state index in [-0.39, 0.29) is 4.90 Å². The molecule has 0 saturated heterocycles. The zero-order valence-corrected chi connectivity index (χ0v) is 15.0. The van der Waals surface area contributed by atoms with Gasteiger partial charge in [-0.15, -0.1) is 11.8 Å². The molecule has 1 heterocycles. The van der Waals surface area contributed by atoms with Crippen molar-refractivity contribution in [3.05, 3.63) is 53.8 Å². The second-order valence-corrected chi connectivity index (χ2v) is 8.32. The molecular weight excluding hydrogens is 359 g/mol. The average Bonchev–Trinajstić information content (AvgIpc) is 3.03. The van der Waals surface area contributed by atoms with Crippen LogP contribution in [-0.2, 0) is 4.79 Å². The summed E-state index contributed by atoms with van der Waals surface area (Å²) in [5, 5.41) is 10.1. The van der Waals surface area contributed by atoms with E-state index in [0.717, 1.165) is 22.0 Å². The molecule has 25 heavy (non-hydrogen) atoms. The minimum absolute atomic E-state index is 0.278. The van der Waals surface area contributed by atoms with Crippen LogP contribution in [0.3, 0.4) is 0 Å². The number of nitrogens with zero attached hydrogens (tertiary/aromatic N) is 2. The molecule has 0 atom stereocenters. The van der Waals surface area contributed by atoms with Gasteiger partial charge in [-0.1, -0.05) is 24.3 Å². The van der Waals surface area contributed by atoms with Gasteiger partial charge in [0.2, 0.25) is 0 Å². The van der Waals surface area contributed by atoms with Crippen LogP contribution >= 0.6 is 23.3 Å². The maximum absolute atomic E-state index is 14.8. The van der Waals surface area contributed by atoms with Gasteiger partial charge in [0.1, 0.15) is 10.6 Å². The smallest absolute Gasteiger partial charge is 0.319 e. The zero-order chi connectivity index (χ0) is 18.2. The first-order chi connectivity index (χ1) is 11.8. The summed E-state index contributed by atoms with van der Waals surface area (Å²) in [6, 6.07) is 8.21. The van der Waals surface area contributed by atoms with Crippen molar-refractivity contribution in [2.75, 3.05) is 0 Å². The number of hydrogen-bond donors (Lipinski definition) is 1. The number of halogens is 1. The molecule has 3 aromatic rings. The van der Waals surface area contributed by atoms with E-state index in [1.807, 2.05) is 0 Å². The van der Waals surface area contributed by atoms with E-state index >= 15 is 0 Å². The number of carboxylic acid groups (broad SMARTS) is 1. The first kappa shape index (κ1) is 17.4. The standard InChI is InChI=1S/C18H13FN2O2S2/c1-18(2,17(22)23)24-16-13(19)8-11-9-21-25-15(11)14(16)10-4-6-12(20-3)7-5-10/h4-9H,1-2H3,(H,22,23). The lowest BCUT2D eigenvalue weighted by Crippen LogP contribution is -2.27. The van der Waals surface area contributed by atoms with Crippen LogP contribution in [0.1, 0.15) is 13.8 Å². The highest BCUT2D eigenvalue weighted by Gasteiger charge is 2.32. The third-order valence-electron chi connectivity index (χ3n) is 3.71. The summed E-state index contributed by atoms with van der Waals surface area (Å²) in [7, 11) is 0. The van der Waals surface area contributed by atoms with E-state index < -0.39 is 16.5 Å². The Bertz CT molecular complexity index is 1000. The lowest BCUT2D eigenvalue weighted by Gasteiger charge is -2.21. The van der Waals surface area contributed by atoms with Crippen molar-refractivity contribution in [3.63, 3.8) is 0 Å². The largest absolute Gasteiger partial charge is 0.480 e. The van der Waals surface area contributed by atoms with Crippen molar-refractivity contribution in [1.82, 2.24) is 4.37 Å². The van der Waals surface area contributed by atoms with Crippen LogP contribution in [0.5, 0.6) is 0 Å². The van der Waals surface area contributed by atoms with Crippen LogP contribution < -0.4 is 0 Å². The molecule has 0 bridgehead atoms. The fourth-order valence-electron chi connectivity index (χ4n) is 2.33. The zero-order valence-electron chi connectivity index (χ0n) is 13.4. The van der Waals surface area contributed by atoms with Gasteiger partial charge in [-0.2, -0.15) is 4.37 Å². The Balaban J connectivity index is 2.26. The number of aromatic nitrogens is 1. The highest BCUT2D eigenvalue weighted by atomic mass is 32.2. The van der Waals surface area contributed by atoms with Crippen LogP contribution in [0, 0.1) is 12.4 Å². The summed E-state index contributed by atoms with van der Waals surface area (Å²) >= 11 is 2.21. The molecule has 0 spiro atoms. The van der Waals surface area contributed by atoms with Gasteiger partial charge >= 0.3 is 5.97 Å². The first-order valence-corrected chi connectivity index (χ1v) is 8.89. The Hall–Kier alpha value is -2.43. The van der Waals surface area contributed by atoms with Gasteiger partial charge in [-0.25, -0.2) is 9.24 Å². The summed E-state index contributed by atoms with van der Waals surface area (Å²) in [6.07, 6.45) is 1.59. The van der Waals surface area contributed by atoms with Gasteiger partial charge in [0, 0.05) is 17.1 Å². The average molecular weight is 372 g/mol. The molecule has 1 N–H and O–H groups in total. The Morgan fingerprint density at radius 3 is 2.64 bits per heavy atom. The van der Waals surface area contributed by atoms with Gasteiger partial charge < -0.3 is 5.11 Å². The molecule has 0 unspecified atom stereocenters. The first-order valence-electron chi connectivity index (χ1n) is 7.30. The highest BCUT2D eigenvalue weighted by Crippen LogP contribution is 2.45. The molecule has 3 rings (SSSR count). The second kappa shape index (κ2) is 6.47. The van der Waals surface area contributed by atoms with Crippen LogP contribution in [0.2, 0.25) is 0 Å². The minimum Gasteiger partial charge on any atom is -0.480 e. The lowest BCUT2D eigenvalue weighted by atomic mass is 10.0. The number of benzene rings is 2. The molecule has 0 aliphatic carbocycles. The Morgan fingerprint density at radius 1 is 1.36 bits per heavy atom. The van der Waals surface area contributed by atoms with E-state index in [1.165, 1.54) is 17.6 Å². The van der Waals surface area contributed by atoms with Crippen molar-refractivity contribution in [1.29, 1.82) is 0 Å². The van der Waals surface area contributed by atoms with E-state index in [0.29, 0.717) is 16.6 Å². The molecule has 0 amide bonds. The summed E-state index contributed by atoms with van der Waals surface area (Å²) in [6.45, 7) is 10.1. The predicted molar refractivity (Wildman–Crippen MR) is 98.8 cm³/mol. The summed E-state index contributed by atoms with van der Waals surface area (Å²) in [4.78, 5) is 15.1. The minimum atomic E-state index is -1.19. The molecule has 0 aliphatic rings. The maximum Gasteiger partial charge on any atom is 0.319 e. The molecule has 7 heteroatoms. The van der Waals surface area contributed by atoms with Gasteiger partial charge in [0.25, 0.3) is 0 Å².